The standard InChI is InChI=1S/C6H11N3O3.ClH/c7-5(10)6(11)8-9-1-3-12-4-2-9;/h1-4H2,(H2,7,10)(H,8,11);1H. The van der Waals surface area contributed by atoms with E-state index in [-0.39, 0.29) is 12.4 Å². The summed E-state index contributed by atoms with van der Waals surface area (Å²) in [6.45, 7) is 2.27. The van der Waals surface area contributed by atoms with Crippen LogP contribution in [0.25, 0.3) is 0 Å². The first kappa shape index (κ1) is 12.2. The fourth-order valence-electron chi connectivity index (χ4n) is 0.874. The third-order valence-electron chi connectivity index (χ3n) is 1.49. The molecule has 0 unspecified atom stereocenters. The minimum atomic E-state index is -0.971. The minimum absolute atomic E-state index is 0. The predicted octanol–water partition coefficient (Wildman–Crippen LogP) is -1.74. The summed E-state index contributed by atoms with van der Waals surface area (Å²) >= 11 is 0. The molecule has 1 fully saturated rings. The Morgan fingerprint density at radius 3 is 2.31 bits per heavy atom. The summed E-state index contributed by atoms with van der Waals surface area (Å²) in [6, 6.07) is 0. The highest BCUT2D eigenvalue weighted by Gasteiger charge is 2.15. The van der Waals surface area contributed by atoms with E-state index in [4.69, 9.17) is 10.5 Å². The molecule has 1 saturated heterocycles. The Balaban J connectivity index is 0.00000144. The van der Waals surface area contributed by atoms with Crippen molar-refractivity contribution in [2.24, 2.45) is 5.73 Å². The number of morpholine rings is 1. The van der Waals surface area contributed by atoms with Crippen LogP contribution in [0.4, 0.5) is 0 Å². The number of ether oxygens (including phenoxy) is 1. The number of hydrazine groups is 1. The SMILES string of the molecule is Cl.NC(=O)C(=O)NN1CCOCC1. The second-order valence-corrected chi connectivity index (χ2v) is 2.40. The first-order chi connectivity index (χ1) is 5.70. The third kappa shape index (κ3) is 4.07. The number of rotatable bonds is 1. The van der Waals surface area contributed by atoms with Crippen molar-refractivity contribution in [1.82, 2.24) is 10.4 Å². The summed E-state index contributed by atoms with van der Waals surface area (Å²) in [4.78, 5) is 21.1. The van der Waals surface area contributed by atoms with Gasteiger partial charge in [-0.05, 0) is 0 Å². The quantitative estimate of drug-likeness (QED) is 0.502. The number of hydrogen-bond acceptors (Lipinski definition) is 4. The molecule has 0 saturated carbocycles. The molecule has 0 atom stereocenters. The number of nitrogens with zero attached hydrogens (tertiary/aromatic N) is 1. The van der Waals surface area contributed by atoms with Gasteiger partial charge in [0.1, 0.15) is 0 Å². The van der Waals surface area contributed by atoms with Crippen molar-refractivity contribution in [2.45, 2.75) is 0 Å². The van der Waals surface area contributed by atoms with Crippen molar-refractivity contribution in [2.75, 3.05) is 26.3 Å². The maximum atomic E-state index is 10.7. The van der Waals surface area contributed by atoms with Gasteiger partial charge in [-0.25, -0.2) is 5.01 Å². The van der Waals surface area contributed by atoms with Gasteiger partial charge in [0.2, 0.25) is 0 Å². The van der Waals surface area contributed by atoms with E-state index in [1.807, 2.05) is 0 Å². The van der Waals surface area contributed by atoms with Crippen LogP contribution in [0.2, 0.25) is 0 Å². The van der Waals surface area contributed by atoms with E-state index in [2.05, 4.69) is 5.43 Å². The average Bonchev–Trinajstić information content (AvgIpc) is 2.06. The second-order valence-electron chi connectivity index (χ2n) is 2.40. The number of nitrogens with two attached hydrogens (primary N) is 1. The van der Waals surface area contributed by atoms with Gasteiger partial charge in [-0.1, -0.05) is 0 Å². The molecule has 1 heterocycles. The Morgan fingerprint density at radius 1 is 1.31 bits per heavy atom. The van der Waals surface area contributed by atoms with E-state index in [0.29, 0.717) is 26.3 Å². The number of nitrogens with one attached hydrogen (secondary N) is 1. The van der Waals surface area contributed by atoms with E-state index in [1.54, 1.807) is 5.01 Å². The number of carbonyl (C=O) groups is 2. The van der Waals surface area contributed by atoms with Crippen LogP contribution < -0.4 is 11.2 Å². The molecule has 0 spiro atoms. The Bertz CT molecular complexity index is 194. The van der Waals surface area contributed by atoms with Crippen LogP contribution in [-0.2, 0) is 14.3 Å². The molecule has 1 aliphatic rings. The maximum Gasteiger partial charge on any atom is 0.323 e. The van der Waals surface area contributed by atoms with Gasteiger partial charge in [-0.15, -0.1) is 12.4 Å². The molecular formula is C6H12ClN3O3. The Kier molecular flexibility index (Phi) is 5.36. The van der Waals surface area contributed by atoms with Gasteiger partial charge >= 0.3 is 11.8 Å². The molecule has 13 heavy (non-hydrogen) atoms. The predicted molar refractivity (Wildman–Crippen MR) is 47.0 cm³/mol. The van der Waals surface area contributed by atoms with Gasteiger partial charge in [0, 0.05) is 13.1 Å². The highest BCUT2D eigenvalue weighted by molar-refractivity contribution is 6.34. The van der Waals surface area contributed by atoms with Crippen molar-refractivity contribution in [1.29, 1.82) is 0 Å². The second kappa shape index (κ2) is 5.74. The lowest BCUT2D eigenvalue weighted by molar-refractivity contribution is -0.141. The molecule has 3 N–H and O–H groups in total. The van der Waals surface area contributed by atoms with Gasteiger partial charge in [0.15, 0.2) is 0 Å². The van der Waals surface area contributed by atoms with Crippen LogP contribution in [-0.4, -0.2) is 43.1 Å². The molecule has 0 radical (unpaired) electrons. The van der Waals surface area contributed by atoms with E-state index in [0.717, 1.165) is 0 Å². The molecule has 0 aromatic carbocycles. The molecule has 0 bridgehead atoms. The molecule has 0 aromatic heterocycles. The van der Waals surface area contributed by atoms with E-state index in [9.17, 15) is 9.59 Å². The molecule has 1 aliphatic heterocycles. The summed E-state index contributed by atoms with van der Waals surface area (Å²) in [5.74, 6) is -1.75. The fourth-order valence-corrected chi connectivity index (χ4v) is 0.874. The zero-order chi connectivity index (χ0) is 8.97. The number of halogens is 1. The molecule has 2 amide bonds. The topological polar surface area (TPSA) is 84.7 Å². The van der Waals surface area contributed by atoms with Crippen LogP contribution in [0.5, 0.6) is 0 Å². The first-order valence-corrected chi connectivity index (χ1v) is 3.63. The van der Waals surface area contributed by atoms with Crippen molar-refractivity contribution >= 4 is 24.2 Å². The lowest BCUT2D eigenvalue weighted by Crippen LogP contribution is -2.51. The summed E-state index contributed by atoms with van der Waals surface area (Å²) in [5.41, 5.74) is 7.10. The summed E-state index contributed by atoms with van der Waals surface area (Å²) in [7, 11) is 0. The summed E-state index contributed by atoms with van der Waals surface area (Å²) < 4.78 is 5.03. The van der Waals surface area contributed by atoms with Crippen molar-refractivity contribution in [3.8, 4) is 0 Å². The van der Waals surface area contributed by atoms with Crippen LogP contribution >= 0.6 is 12.4 Å². The van der Waals surface area contributed by atoms with Crippen LogP contribution in [0.3, 0.4) is 0 Å². The normalized spacial score (nSPS) is 17.2. The van der Waals surface area contributed by atoms with E-state index in [1.165, 1.54) is 0 Å². The first-order valence-electron chi connectivity index (χ1n) is 3.63. The smallest absolute Gasteiger partial charge is 0.323 e. The summed E-state index contributed by atoms with van der Waals surface area (Å²) in [5, 5.41) is 1.61. The number of primary amides is 1. The Morgan fingerprint density at radius 2 is 1.85 bits per heavy atom. The van der Waals surface area contributed by atoms with E-state index < -0.39 is 11.8 Å². The zero-order valence-corrected chi connectivity index (χ0v) is 7.80. The van der Waals surface area contributed by atoms with E-state index >= 15 is 0 Å². The zero-order valence-electron chi connectivity index (χ0n) is 6.99. The van der Waals surface area contributed by atoms with Gasteiger partial charge < -0.3 is 10.5 Å². The van der Waals surface area contributed by atoms with Crippen LogP contribution in [0.1, 0.15) is 0 Å². The Hall–Kier alpha value is -0.850. The van der Waals surface area contributed by atoms with Crippen molar-refractivity contribution in [3.05, 3.63) is 0 Å². The molecule has 0 aliphatic carbocycles. The molecule has 1 rings (SSSR count). The Labute approximate surface area is 81.8 Å². The molecule has 0 aromatic rings. The van der Waals surface area contributed by atoms with Crippen molar-refractivity contribution < 1.29 is 14.3 Å². The van der Waals surface area contributed by atoms with Crippen LogP contribution in [0.15, 0.2) is 0 Å². The lowest BCUT2D eigenvalue weighted by Gasteiger charge is -2.26. The van der Waals surface area contributed by atoms with Crippen LogP contribution in [0, 0.1) is 0 Å². The highest BCUT2D eigenvalue weighted by atomic mass is 35.5. The van der Waals surface area contributed by atoms with Gasteiger partial charge in [-0.3, -0.25) is 15.0 Å². The largest absolute Gasteiger partial charge is 0.379 e. The lowest BCUT2D eigenvalue weighted by atomic mass is 10.5. The maximum absolute atomic E-state index is 10.7. The third-order valence-corrected chi connectivity index (χ3v) is 1.49. The number of hydrogen-bond donors (Lipinski definition) is 2. The fraction of sp³-hybridized carbons (Fsp3) is 0.667. The van der Waals surface area contributed by atoms with Crippen molar-refractivity contribution in [3.63, 3.8) is 0 Å². The van der Waals surface area contributed by atoms with Gasteiger partial charge in [0.05, 0.1) is 13.2 Å². The molecule has 6 nitrogen and oxygen atoms in total. The highest BCUT2D eigenvalue weighted by Crippen LogP contribution is 1.91. The van der Waals surface area contributed by atoms with Gasteiger partial charge in [0.25, 0.3) is 0 Å². The van der Waals surface area contributed by atoms with Gasteiger partial charge in [-0.2, -0.15) is 0 Å². The molecule has 7 heteroatoms. The molecule has 76 valence electrons. The monoisotopic (exact) mass is 209 g/mol. The number of amides is 2. The average molecular weight is 210 g/mol. The number of carbonyl (C=O) groups excluding carboxylic acids is 2. The molecular weight excluding hydrogens is 198 g/mol. The summed E-state index contributed by atoms with van der Waals surface area (Å²) in [6.07, 6.45) is 0. The minimum Gasteiger partial charge on any atom is -0.379 e.